The molecule has 1 fully saturated rings. The Morgan fingerprint density at radius 1 is 1.28 bits per heavy atom. The highest BCUT2D eigenvalue weighted by Crippen LogP contribution is 2.40. The summed E-state index contributed by atoms with van der Waals surface area (Å²) < 4.78 is 0. The summed E-state index contributed by atoms with van der Waals surface area (Å²) in [6.07, 6.45) is 5.27. The van der Waals surface area contributed by atoms with Crippen LogP contribution in [0.2, 0.25) is 5.02 Å². The van der Waals surface area contributed by atoms with E-state index in [1.54, 1.807) is 12.5 Å². The molecule has 1 aliphatic rings. The van der Waals surface area contributed by atoms with Crippen LogP contribution < -0.4 is 10.2 Å². The van der Waals surface area contributed by atoms with E-state index < -0.39 is 0 Å². The molecule has 0 radical (unpaired) electrons. The van der Waals surface area contributed by atoms with E-state index in [0.29, 0.717) is 28.5 Å². The van der Waals surface area contributed by atoms with Gasteiger partial charge in [-0.1, -0.05) is 11.6 Å². The first-order chi connectivity index (χ1) is 14.1. The molecule has 0 amide bonds. The van der Waals surface area contributed by atoms with Gasteiger partial charge >= 0.3 is 0 Å². The monoisotopic (exact) mass is 409 g/mol. The second kappa shape index (κ2) is 7.13. The van der Waals surface area contributed by atoms with Crippen LogP contribution in [0.1, 0.15) is 24.9 Å². The van der Waals surface area contributed by atoms with Crippen molar-refractivity contribution in [3.8, 4) is 0 Å². The number of anilines is 2. The van der Waals surface area contributed by atoms with Crippen molar-refractivity contribution in [2.24, 2.45) is 0 Å². The minimum atomic E-state index is -0.342. The van der Waals surface area contributed by atoms with Gasteiger partial charge in [0.05, 0.1) is 34.7 Å². The molecule has 8 nitrogen and oxygen atoms in total. The Morgan fingerprint density at radius 3 is 3.00 bits per heavy atom. The number of H-pyrrole nitrogens is 1. The highest BCUT2D eigenvalue weighted by atomic mass is 35.5. The molecule has 0 saturated carbocycles. The normalized spacial score (nSPS) is 17.9. The summed E-state index contributed by atoms with van der Waals surface area (Å²) in [5, 5.41) is 15.1. The second-order valence-corrected chi connectivity index (χ2v) is 7.68. The number of aliphatic hydroxyl groups is 1. The molecule has 0 spiro atoms. The molecule has 1 unspecified atom stereocenters. The van der Waals surface area contributed by atoms with Gasteiger partial charge in [-0.05, 0) is 31.5 Å². The Hall–Kier alpha value is -2.97. The molecular formula is C20H20ClN7O. The molecule has 1 saturated heterocycles. The predicted octanol–water partition coefficient (Wildman–Crippen LogP) is 3.30. The minimum absolute atomic E-state index is 0.124. The van der Waals surface area contributed by atoms with Crippen molar-refractivity contribution in [2.75, 3.05) is 23.3 Å². The van der Waals surface area contributed by atoms with Gasteiger partial charge in [-0.15, -0.1) is 0 Å². The maximum atomic E-state index is 10.1. The molecule has 4 aromatic rings. The van der Waals surface area contributed by atoms with E-state index in [1.807, 2.05) is 18.2 Å². The Labute approximate surface area is 172 Å². The summed E-state index contributed by atoms with van der Waals surface area (Å²) in [6.45, 7) is 3.40. The van der Waals surface area contributed by atoms with Crippen LogP contribution in [0.3, 0.4) is 0 Å². The van der Waals surface area contributed by atoms with Crippen molar-refractivity contribution < 1.29 is 5.11 Å². The molecule has 1 aromatic carbocycles. The van der Waals surface area contributed by atoms with E-state index in [4.69, 9.17) is 11.6 Å². The van der Waals surface area contributed by atoms with Crippen LogP contribution in [0.5, 0.6) is 0 Å². The Morgan fingerprint density at radius 2 is 2.17 bits per heavy atom. The number of halogens is 1. The van der Waals surface area contributed by atoms with E-state index in [1.165, 1.54) is 6.33 Å². The molecule has 29 heavy (non-hydrogen) atoms. The van der Waals surface area contributed by atoms with E-state index >= 15 is 0 Å². The fourth-order valence-electron chi connectivity index (χ4n) is 3.97. The molecule has 148 valence electrons. The van der Waals surface area contributed by atoms with Crippen LogP contribution in [0.4, 0.5) is 11.5 Å². The van der Waals surface area contributed by atoms with Crippen molar-refractivity contribution in [1.29, 1.82) is 0 Å². The highest BCUT2D eigenvalue weighted by Gasteiger charge is 2.27. The summed E-state index contributed by atoms with van der Waals surface area (Å²) in [5.74, 6) is 0.647. The number of nitrogens with one attached hydrogen (secondary N) is 2. The second-order valence-electron chi connectivity index (χ2n) is 7.27. The largest absolute Gasteiger partial charge is 0.391 e. The van der Waals surface area contributed by atoms with Crippen molar-refractivity contribution in [3.05, 3.63) is 47.6 Å². The zero-order chi connectivity index (χ0) is 20.0. The lowest BCUT2D eigenvalue weighted by Gasteiger charge is -2.27. The number of β-amino-alcohol motifs (C(OH)–C–C–N with tert-alkyl or cyclic N) is 1. The molecule has 0 aliphatic carbocycles. The first-order valence-electron chi connectivity index (χ1n) is 9.52. The number of benzene rings is 1. The van der Waals surface area contributed by atoms with Crippen LogP contribution >= 0.6 is 11.6 Å². The highest BCUT2D eigenvalue weighted by molar-refractivity contribution is 6.36. The number of hydrogen-bond acceptors (Lipinski definition) is 7. The number of aliphatic hydroxyl groups excluding tert-OH is 1. The summed E-state index contributed by atoms with van der Waals surface area (Å²) in [7, 11) is 0. The first kappa shape index (κ1) is 18.1. The van der Waals surface area contributed by atoms with Gasteiger partial charge in [-0.3, -0.25) is 4.98 Å². The number of imidazole rings is 1. The fourth-order valence-corrected chi connectivity index (χ4v) is 4.24. The van der Waals surface area contributed by atoms with Gasteiger partial charge < -0.3 is 20.3 Å². The number of fused-ring (bicyclic) bond motifs is 2. The molecular weight excluding hydrogens is 390 g/mol. The summed E-state index contributed by atoms with van der Waals surface area (Å²) >= 11 is 6.62. The van der Waals surface area contributed by atoms with E-state index in [-0.39, 0.29) is 12.1 Å². The van der Waals surface area contributed by atoms with Crippen molar-refractivity contribution in [2.45, 2.75) is 25.5 Å². The van der Waals surface area contributed by atoms with Crippen LogP contribution in [0.25, 0.3) is 22.1 Å². The van der Waals surface area contributed by atoms with Crippen molar-refractivity contribution in [3.63, 3.8) is 0 Å². The zero-order valence-corrected chi connectivity index (χ0v) is 16.6. The van der Waals surface area contributed by atoms with Gasteiger partial charge in [-0.2, -0.15) is 0 Å². The van der Waals surface area contributed by atoms with E-state index in [2.05, 4.69) is 42.1 Å². The van der Waals surface area contributed by atoms with Crippen LogP contribution in [-0.2, 0) is 0 Å². The number of nitrogens with zero attached hydrogens (tertiary/aromatic N) is 5. The Kier molecular flexibility index (Phi) is 4.44. The average molecular weight is 410 g/mol. The van der Waals surface area contributed by atoms with Gasteiger partial charge in [0.1, 0.15) is 11.8 Å². The number of pyridine rings is 1. The Balaban J connectivity index is 1.62. The summed E-state index contributed by atoms with van der Waals surface area (Å²) in [4.78, 5) is 22.7. The molecule has 2 atom stereocenters. The maximum Gasteiger partial charge on any atom is 0.162 e. The smallest absolute Gasteiger partial charge is 0.162 e. The van der Waals surface area contributed by atoms with Gasteiger partial charge in [0, 0.05) is 30.2 Å². The third-order valence-corrected chi connectivity index (χ3v) is 5.67. The Bertz CT molecular complexity index is 1190. The molecule has 0 bridgehead atoms. The number of aromatic amines is 1. The molecule has 1 aliphatic heterocycles. The lowest BCUT2D eigenvalue weighted by molar-refractivity contribution is 0.198. The van der Waals surface area contributed by atoms with E-state index in [9.17, 15) is 5.11 Å². The molecule has 5 rings (SSSR count). The molecule has 4 heterocycles. The van der Waals surface area contributed by atoms with Crippen LogP contribution in [0.15, 0.2) is 37.1 Å². The van der Waals surface area contributed by atoms with Gasteiger partial charge in [0.15, 0.2) is 11.5 Å². The maximum absolute atomic E-state index is 10.1. The quantitative estimate of drug-likeness (QED) is 0.475. The lowest BCUT2D eigenvalue weighted by Crippen LogP contribution is -2.24. The van der Waals surface area contributed by atoms with Crippen LogP contribution in [-0.4, -0.2) is 49.2 Å². The molecule has 9 heteroatoms. The number of aromatic nitrogens is 5. The molecule has 3 aromatic heterocycles. The topological polar surface area (TPSA) is 103 Å². The first-order valence-corrected chi connectivity index (χ1v) is 9.90. The van der Waals surface area contributed by atoms with Crippen molar-refractivity contribution in [1.82, 2.24) is 24.9 Å². The summed E-state index contributed by atoms with van der Waals surface area (Å²) in [6, 6.07) is 5.71. The fraction of sp³-hybridized carbons (Fsp3) is 0.300. The SMILES string of the molecule is CC(Nc1ncnc2[nH]cnc12)c1cc(Cl)c2cccnc2c1N1CC[C@@H](O)C1. The van der Waals surface area contributed by atoms with Gasteiger partial charge in [0.25, 0.3) is 0 Å². The van der Waals surface area contributed by atoms with Crippen molar-refractivity contribution >= 4 is 45.2 Å². The third-order valence-electron chi connectivity index (χ3n) is 5.36. The predicted molar refractivity (Wildman–Crippen MR) is 113 cm³/mol. The third kappa shape index (κ3) is 3.14. The van der Waals surface area contributed by atoms with E-state index in [0.717, 1.165) is 35.1 Å². The average Bonchev–Trinajstić information content (AvgIpc) is 3.37. The lowest BCUT2D eigenvalue weighted by atomic mass is 10.0. The number of hydrogen-bond donors (Lipinski definition) is 3. The minimum Gasteiger partial charge on any atom is -0.391 e. The van der Waals surface area contributed by atoms with Gasteiger partial charge in [-0.25, -0.2) is 15.0 Å². The number of rotatable bonds is 4. The zero-order valence-electron chi connectivity index (χ0n) is 15.8. The van der Waals surface area contributed by atoms with Gasteiger partial charge in [0.2, 0.25) is 0 Å². The standard InChI is InChI=1S/C20H20ClN7O/c1-11(27-20-17-19(24-9-23-17)25-10-26-20)14-7-15(21)13-3-2-5-22-16(13)18(14)28-6-4-12(29)8-28/h2-3,5,7,9-12,29H,4,6,8H2,1H3,(H2,23,24,25,26,27)/t11?,12-/m1/s1. The molecule has 3 N–H and O–H groups in total. The summed E-state index contributed by atoms with van der Waals surface area (Å²) in [5.41, 5.74) is 4.19. The van der Waals surface area contributed by atoms with Crippen LogP contribution in [0, 0.1) is 0 Å².